The minimum atomic E-state index is -0.234. The zero-order valence-electron chi connectivity index (χ0n) is 9.71. The van der Waals surface area contributed by atoms with Crippen molar-refractivity contribution in [1.29, 1.82) is 0 Å². The van der Waals surface area contributed by atoms with Gasteiger partial charge in [0.05, 0.1) is 11.6 Å². The van der Waals surface area contributed by atoms with Crippen molar-refractivity contribution < 1.29 is 9.47 Å². The van der Waals surface area contributed by atoms with Gasteiger partial charge >= 0.3 is 0 Å². The quantitative estimate of drug-likeness (QED) is 0.693. The van der Waals surface area contributed by atoms with E-state index in [4.69, 9.17) is 15.9 Å². The highest BCUT2D eigenvalue weighted by Crippen LogP contribution is 2.28. The topological polar surface area (TPSA) is 30.5 Å². The molecule has 3 heteroatoms. The van der Waals surface area contributed by atoms with Crippen molar-refractivity contribution in [3.8, 4) is 12.3 Å². The molecule has 86 valence electrons. The van der Waals surface area contributed by atoms with Crippen molar-refractivity contribution in [3.63, 3.8) is 0 Å². The predicted octanol–water partition coefficient (Wildman–Crippen LogP) is 1.18. The number of nitrogens with one attached hydrogen (secondary N) is 1. The molecule has 0 spiro atoms. The molecule has 1 saturated heterocycles. The Kier molecular flexibility index (Phi) is 5.10. The van der Waals surface area contributed by atoms with Crippen LogP contribution in [0.25, 0.3) is 0 Å². The summed E-state index contributed by atoms with van der Waals surface area (Å²) in [7, 11) is 1.74. The Balaban J connectivity index is 2.64. The van der Waals surface area contributed by atoms with Crippen LogP contribution in [0.4, 0.5) is 0 Å². The molecule has 1 aliphatic rings. The minimum absolute atomic E-state index is 0.00801. The van der Waals surface area contributed by atoms with E-state index in [0.717, 1.165) is 39.0 Å². The van der Waals surface area contributed by atoms with Crippen LogP contribution in [0.15, 0.2) is 0 Å². The van der Waals surface area contributed by atoms with Gasteiger partial charge in [-0.1, -0.05) is 12.8 Å². The van der Waals surface area contributed by atoms with Crippen molar-refractivity contribution in [2.75, 3.05) is 26.9 Å². The van der Waals surface area contributed by atoms with E-state index in [1.165, 1.54) is 0 Å². The van der Waals surface area contributed by atoms with Gasteiger partial charge in [0, 0.05) is 33.2 Å². The van der Waals surface area contributed by atoms with Gasteiger partial charge in [-0.15, -0.1) is 6.42 Å². The van der Waals surface area contributed by atoms with Gasteiger partial charge in [0.2, 0.25) is 0 Å². The SMILES string of the molecule is C#CC(NCCC)C1(OC)CCOCC1. The monoisotopic (exact) mass is 211 g/mol. The molecule has 0 bridgehead atoms. The van der Waals surface area contributed by atoms with Gasteiger partial charge in [0.25, 0.3) is 0 Å². The molecule has 0 saturated carbocycles. The van der Waals surface area contributed by atoms with E-state index < -0.39 is 0 Å². The molecule has 0 radical (unpaired) electrons. The van der Waals surface area contributed by atoms with Crippen molar-refractivity contribution in [3.05, 3.63) is 0 Å². The van der Waals surface area contributed by atoms with Gasteiger partial charge in [-0.2, -0.15) is 0 Å². The number of terminal acetylenes is 1. The molecule has 1 rings (SSSR count). The smallest absolute Gasteiger partial charge is 0.0986 e. The molecule has 15 heavy (non-hydrogen) atoms. The molecule has 0 aromatic rings. The van der Waals surface area contributed by atoms with Crippen LogP contribution in [0, 0.1) is 12.3 Å². The summed E-state index contributed by atoms with van der Waals surface area (Å²) in [6.45, 7) is 4.53. The molecule has 1 N–H and O–H groups in total. The number of hydrogen-bond acceptors (Lipinski definition) is 3. The lowest BCUT2D eigenvalue weighted by molar-refractivity contribution is -0.0997. The number of hydrogen-bond donors (Lipinski definition) is 1. The Morgan fingerprint density at radius 3 is 2.67 bits per heavy atom. The van der Waals surface area contributed by atoms with Crippen LogP contribution < -0.4 is 5.32 Å². The molecule has 1 heterocycles. The second-order valence-corrected chi connectivity index (χ2v) is 3.94. The van der Waals surface area contributed by atoms with Gasteiger partial charge in [0.1, 0.15) is 0 Å². The molecule has 0 aromatic heterocycles. The Labute approximate surface area is 92.5 Å². The molecule has 0 aliphatic carbocycles. The third-order valence-electron chi connectivity index (χ3n) is 3.04. The molecule has 0 amide bonds. The summed E-state index contributed by atoms with van der Waals surface area (Å²) in [6, 6.07) is -0.00801. The van der Waals surface area contributed by atoms with E-state index in [0.29, 0.717) is 0 Å². The van der Waals surface area contributed by atoms with E-state index in [9.17, 15) is 0 Å². The number of rotatable bonds is 5. The van der Waals surface area contributed by atoms with Gasteiger partial charge in [-0.05, 0) is 13.0 Å². The first-order valence-corrected chi connectivity index (χ1v) is 5.61. The maximum absolute atomic E-state index is 5.64. The largest absolute Gasteiger partial charge is 0.381 e. The van der Waals surface area contributed by atoms with Crippen LogP contribution >= 0.6 is 0 Å². The molecule has 3 nitrogen and oxygen atoms in total. The summed E-state index contributed by atoms with van der Waals surface area (Å²) in [5.41, 5.74) is -0.234. The summed E-state index contributed by atoms with van der Waals surface area (Å²) < 4.78 is 11.0. The van der Waals surface area contributed by atoms with Crippen molar-refractivity contribution in [2.24, 2.45) is 0 Å². The first-order valence-electron chi connectivity index (χ1n) is 5.61. The van der Waals surface area contributed by atoms with Crippen LogP contribution in [-0.2, 0) is 9.47 Å². The van der Waals surface area contributed by atoms with Crippen LogP contribution in [0.5, 0.6) is 0 Å². The normalized spacial score (nSPS) is 21.9. The Hall–Kier alpha value is -0.560. The summed E-state index contributed by atoms with van der Waals surface area (Å²) >= 11 is 0. The average Bonchev–Trinajstić information content (AvgIpc) is 2.31. The summed E-state index contributed by atoms with van der Waals surface area (Å²) in [6.07, 6.45) is 8.39. The maximum Gasteiger partial charge on any atom is 0.0986 e. The second-order valence-electron chi connectivity index (χ2n) is 3.94. The molecule has 1 atom stereocenters. The number of methoxy groups -OCH3 is 1. The Morgan fingerprint density at radius 2 is 2.20 bits per heavy atom. The summed E-state index contributed by atoms with van der Waals surface area (Å²) in [5, 5.41) is 3.36. The summed E-state index contributed by atoms with van der Waals surface area (Å²) in [4.78, 5) is 0. The lowest BCUT2D eigenvalue weighted by atomic mass is 9.86. The standard InChI is InChI=1S/C12H21NO2/c1-4-8-13-11(5-2)12(14-3)6-9-15-10-7-12/h2,11,13H,4,6-10H2,1,3H3. The van der Waals surface area contributed by atoms with E-state index in [1.54, 1.807) is 7.11 Å². The van der Waals surface area contributed by atoms with Crippen LogP contribution in [0.1, 0.15) is 26.2 Å². The predicted molar refractivity (Wildman–Crippen MR) is 60.7 cm³/mol. The van der Waals surface area contributed by atoms with E-state index in [1.807, 2.05) is 0 Å². The lowest BCUT2D eigenvalue weighted by Crippen LogP contribution is -2.54. The first-order chi connectivity index (χ1) is 7.29. The highest BCUT2D eigenvalue weighted by molar-refractivity contribution is 5.11. The van der Waals surface area contributed by atoms with E-state index >= 15 is 0 Å². The molecular weight excluding hydrogens is 190 g/mol. The highest BCUT2D eigenvalue weighted by Gasteiger charge is 2.39. The molecule has 1 fully saturated rings. The maximum atomic E-state index is 5.64. The Morgan fingerprint density at radius 1 is 1.53 bits per heavy atom. The van der Waals surface area contributed by atoms with Gasteiger partial charge in [-0.25, -0.2) is 0 Å². The fraction of sp³-hybridized carbons (Fsp3) is 0.833. The van der Waals surface area contributed by atoms with E-state index in [2.05, 4.69) is 18.2 Å². The third kappa shape index (κ3) is 2.94. The van der Waals surface area contributed by atoms with Gasteiger partial charge in [0.15, 0.2) is 0 Å². The van der Waals surface area contributed by atoms with Crippen LogP contribution in [-0.4, -0.2) is 38.5 Å². The van der Waals surface area contributed by atoms with E-state index in [-0.39, 0.29) is 11.6 Å². The van der Waals surface area contributed by atoms with Crippen molar-refractivity contribution >= 4 is 0 Å². The zero-order valence-corrected chi connectivity index (χ0v) is 9.71. The third-order valence-corrected chi connectivity index (χ3v) is 3.04. The molecule has 1 aliphatic heterocycles. The van der Waals surface area contributed by atoms with Gasteiger partial charge in [-0.3, -0.25) is 0 Å². The fourth-order valence-electron chi connectivity index (χ4n) is 2.01. The molecular formula is C12H21NO2. The van der Waals surface area contributed by atoms with Crippen LogP contribution in [0.3, 0.4) is 0 Å². The van der Waals surface area contributed by atoms with Crippen LogP contribution in [0.2, 0.25) is 0 Å². The van der Waals surface area contributed by atoms with Gasteiger partial charge < -0.3 is 14.8 Å². The van der Waals surface area contributed by atoms with Crippen molar-refractivity contribution in [1.82, 2.24) is 5.32 Å². The zero-order chi connectivity index (χ0) is 11.1. The Bertz CT molecular complexity index is 216. The second kappa shape index (κ2) is 6.12. The summed E-state index contributed by atoms with van der Waals surface area (Å²) in [5.74, 6) is 2.81. The molecule has 1 unspecified atom stereocenters. The fourth-order valence-corrected chi connectivity index (χ4v) is 2.01. The van der Waals surface area contributed by atoms with Crippen molar-refractivity contribution in [2.45, 2.75) is 37.8 Å². The highest BCUT2D eigenvalue weighted by atomic mass is 16.5. The first kappa shape index (κ1) is 12.5. The lowest BCUT2D eigenvalue weighted by Gasteiger charge is -2.40. The number of ether oxygens (including phenoxy) is 2. The minimum Gasteiger partial charge on any atom is -0.381 e. The average molecular weight is 211 g/mol. The molecule has 0 aromatic carbocycles.